The number of aliphatic hydroxyl groups is 2. The Morgan fingerprint density at radius 3 is 1.34 bits per heavy atom. The molecule has 6 heteroatoms. The molecule has 0 aromatic heterocycles. The van der Waals surface area contributed by atoms with E-state index in [1.807, 2.05) is 0 Å². The van der Waals surface area contributed by atoms with E-state index in [2.05, 4.69) is 99.0 Å². The van der Waals surface area contributed by atoms with Crippen molar-refractivity contribution in [2.75, 3.05) is 6.61 Å². The zero-order chi connectivity index (χ0) is 47.4. The molecule has 0 aliphatic carbocycles. The number of unbranched alkanes of at least 4 members (excludes halogenated alkanes) is 26. The summed E-state index contributed by atoms with van der Waals surface area (Å²) >= 11 is 0. The summed E-state index contributed by atoms with van der Waals surface area (Å²) in [6.45, 7) is 6.43. The number of ether oxygens (including phenoxy) is 1. The molecule has 0 bridgehead atoms. The van der Waals surface area contributed by atoms with Crippen molar-refractivity contribution in [3.05, 3.63) is 72.9 Å². The molecule has 1 amide bonds. The van der Waals surface area contributed by atoms with Gasteiger partial charge in [0.1, 0.15) is 6.10 Å². The molecule has 0 saturated heterocycles. The second kappa shape index (κ2) is 52.3. The Labute approximate surface area is 402 Å². The van der Waals surface area contributed by atoms with E-state index >= 15 is 0 Å². The summed E-state index contributed by atoms with van der Waals surface area (Å²) in [5.74, 6) is -0.544. The van der Waals surface area contributed by atoms with Crippen LogP contribution in [-0.2, 0) is 14.3 Å². The van der Waals surface area contributed by atoms with E-state index in [0.29, 0.717) is 19.3 Å². The number of carbonyl (C=O) groups is 2. The molecule has 376 valence electrons. The van der Waals surface area contributed by atoms with E-state index < -0.39 is 18.2 Å². The van der Waals surface area contributed by atoms with Gasteiger partial charge in [-0.05, 0) is 89.9 Å². The van der Waals surface area contributed by atoms with Gasteiger partial charge in [0.2, 0.25) is 5.91 Å². The average Bonchev–Trinajstić information content (AvgIpc) is 3.30. The predicted molar refractivity (Wildman–Crippen MR) is 282 cm³/mol. The molecule has 0 heterocycles. The second-order valence-corrected chi connectivity index (χ2v) is 18.7. The molecule has 0 radical (unpaired) electrons. The maximum absolute atomic E-state index is 13.2. The molecule has 0 fully saturated rings. The number of rotatable bonds is 49. The summed E-state index contributed by atoms with van der Waals surface area (Å²) in [4.78, 5) is 26.2. The van der Waals surface area contributed by atoms with E-state index in [9.17, 15) is 19.8 Å². The van der Waals surface area contributed by atoms with Crippen LogP contribution in [0.4, 0.5) is 0 Å². The number of hydrogen-bond donors (Lipinski definition) is 3. The largest absolute Gasteiger partial charge is 0.462 e. The quantitative estimate of drug-likeness (QED) is 0.0245. The molecule has 0 rings (SSSR count). The fourth-order valence-electron chi connectivity index (χ4n) is 8.06. The van der Waals surface area contributed by atoms with Crippen molar-refractivity contribution in [3.63, 3.8) is 0 Å². The second-order valence-electron chi connectivity index (χ2n) is 18.7. The Hall–Kier alpha value is -2.70. The Balaban J connectivity index is 4.70. The van der Waals surface area contributed by atoms with Crippen LogP contribution < -0.4 is 5.32 Å². The monoisotopic (exact) mass is 908 g/mol. The van der Waals surface area contributed by atoms with Crippen molar-refractivity contribution in [1.29, 1.82) is 0 Å². The van der Waals surface area contributed by atoms with Crippen LogP contribution in [0.15, 0.2) is 72.9 Å². The Morgan fingerprint density at radius 2 is 0.846 bits per heavy atom. The molecule has 0 saturated carbocycles. The van der Waals surface area contributed by atoms with E-state index in [1.165, 1.54) is 128 Å². The Bertz CT molecular complexity index is 1200. The summed E-state index contributed by atoms with van der Waals surface area (Å²) in [6.07, 6.45) is 66.8. The number of nitrogens with one attached hydrogen (secondary N) is 1. The van der Waals surface area contributed by atoms with Crippen LogP contribution in [0.3, 0.4) is 0 Å². The van der Waals surface area contributed by atoms with Crippen molar-refractivity contribution >= 4 is 11.9 Å². The minimum absolute atomic E-state index is 0.0316. The minimum Gasteiger partial charge on any atom is -0.462 e. The maximum atomic E-state index is 13.2. The molecule has 65 heavy (non-hydrogen) atoms. The average molecular weight is 908 g/mol. The molecule has 6 nitrogen and oxygen atoms in total. The fraction of sp³-hybridized carbons (Fsp3) is 0.763. The molecular formula is C59H105NO5. The van der Waals surface area contributed by atoms with Crippen LogP contribution >= 0.6 is 0 Å². The predicted octanol–water partition coefficient (Wildman–Crippen LogP) is 17.0. The third-order valence-electron chi connectivity index (χ3n) is 12.3. The standard InChI is InChI=1S/C59H105NO5/c1-4-7-10-13-16-19-22-24-26-28-30-32-34-37-40-43-46-49-52-59(64)65-55(50-47-44-41-38-36-33-31-29-27-25-23-20-17-14-11-8-5-2)53-58(63)60-56(54-61)57(62)51-48-45-42-39-35-21-18-15-12-9-6-3/h17,20,25-28,30-33,38,41,55-57,61-62H,4-16,18-19,21-24,29,34-37,39-40,42-54H2,1-3H3,(H,60,63)/b20-17-,27-25-,28-26+,32-30+,33-31-,41-38-. The van der Waals surface area contributed by atoms with Crippen molar-refractivity contribution in [2.24, 2.45) is 0 Å². The molecule has 3 N–H and O–H groups in total. The lowest BCUT2D eigenvalue weighted by Crippen LogP contribution is -2.46. The van der Waals surface area contributed by atoms with E-state index in [-0.39, 0.29) is 24.9 Å². The van der Waals surface area contributed by atoms with Crippen molar-refractivity contribution < 1.29 is 24.5 Å². The normalized spacial score (nSPS) is 13.7. The first-order chi connectivity index (χ1) is 32.0. The summed E-state index contributed by atoms with van der Waals surface area (Å²) in [6, 6.07) is -0.725. The van der Waals surface area contributed by atoms with Crippen LogP contribution in [0.1, 0.15) is 265 Å². The van der Waals surface area contributed by atoms with Crippen LogP contribution in [-0.4, -0.2) is 46.9 Å². The first kappa shape index (κ1) is 62.3. The van der Waals surface area contributed by atoms with Gasteiger partial charge >= 0.3 is 5.97 Å². The zero-order valence-corrected chi connectivity index (χ0v) is 42.9. The Kier molecular flexibility index (Phi) is 50.1. The lowest BCUT2D eigenvalue weighted by atomic mass is 10.0. The molecule has 0 aromatic carbocycles. The van der Waals surface area contributed by atoms with E-state index in [0.717, 1.165) is 89.9 Å². The number of allylic oxidation sites excluding steroid dienone is 12. The molecule has 0 aliphatic heterocycles. The van der Waals surface area contributed by atoms with Gasteiger partial charge in [-0.1, -0.05) is 235 Å². The highest BCUT2D eigenvalue weighted by Gasteiger charge is 2.24. The maximum Gasteiger partial charge on any atom is 0.306 e. The van der Waals surface area contributed by atoms with Crippen molar-refractivity contribution in [2.45, 2.75) is 283 Å². The van der Waals surface area contributed by atoms with E-state index in [1.54, 1.807) is 0 Å². The van der Waals surface area contributed by atoms with Gasteiger partial charge in [0.05, 0.1) is 25.2 Å². The number of hydrogen-bond acceptors (Lipinski definition) is 5. The highest BCUT2D eigenvalue weighted by molar-refractivity contribution is 5.77. The first-order valence-electron chi connectivity index (χ1n) is 27.7. The number of aliphatic hydroxyl groups excluding tert-OH is 2. The highest BCUT2D eigenvalue weighted by Crippen LogP contribution is 2.17. The van der Waals surface area contributed by atoms with Crippen LogP contribution in [0.2, 0.25) is 0 Å². The summed E-state index contributed by atoms with van der Waals surface area (Å²) < 4.78 is 5.92. The van der Waals surface area contributed by atoms with Gasteiger partial charge in [-0.2, -0.15) is 0 Å². The van der Waals surface area contributed by atoms with Gasteiger partial charge in [0, 0.05) is 6.42 Å². The van der Waals surface area contributed by atoms with Gasteiger partial charge < -0.3 is 20.3 Å². The van der Waals surface area contributed by atoms with Gasteiger partial charge in [-0.25, -0.2) is 0 Å². The van der Waals surface area contributed by atoms with Crippen molar-refractivity contribution in [1.82, 2.24) is 5.32 Å². The summed E-state index contributed by atoms with van der Waals surface area (Å²) in [5, 5.41) is 23.8. The van der Waals surface area contributed by atoms with Crippen LogP contribution in [0.5, 0.6) is 0 Å². The van der Waals surface area contributed by atoms with Gasteiger partial charge in [-0.3, -0.25) is 9.59 Å². The van der Waals surface area contributed by atoms with Crippen LogP contribution in [0.25, 0.3) is 0 Å². The number of esters is 1. The fourth-order valence-corrected chi connectivity index (χ4v) is 8.06. The molecule has 0 aliphatic rings. The van der Waals surface area contributed by atoms with Gasteiger partial charge in [-0.15, -0.1) is 0 Å². The smallest absolute Gasteiger partial charge is 0.306 e. The number of carbonyl (C=O) groups excluding carboxylic acids is 2. The number of amides is 1. The molecule has 3 unspecified atom stereocenters. The van der Waals surface area contributed by atoms with Gasteiger partial charge in [0.25, 0.3) is 0 Å². The highest BCUT2D eigenvalue weighted by atomic mass is 16.5. The molecular weight excluding hydrogens is 803 g/mol. The lowest BCUT2D eigenvalue weighted by molar-refractivity contribution is -0.151. The summed E-state index contributed by atoms with van der Waals surface area (Å²) in [7, 11) is 0. The third-order valence-corrected chi connectivity index (χ3v) is 12.3. The van der Waals surface area contributed by atoms with Crippen molar-refractivity contribution in [3.8, 4) is 0 Å². The lowest BCUT2D eigenvalue weighted by Gasteiger charge is -2.24. The Morgan fingerprint density at radius 1 is 0.462 bits per heavy atom. The molecule has 3 atom stereocenters. The topological polar surface area (TPSA) is 95.9 Å². The molecule has 0 aromatic rings. The zero-order valence-electron chi connectivity index (χ0n) is 42.9. The van der Waals surface area contributed by atoms with Gasteiger partial charge in [0.15, 0.2) is 0 Å². The SMILES string of the molecule is CCCCC/C=C\C/C=C\C/C=C\C/C=C\CCCC(CC(=O)NC(CO)C(O)CCCCCCCCCCCCC)OC(=O)CCCCCCC/C=C/C=C/CCCCCCCCC. The van der Waals surface area contributed by atoms with Crippen LogP contribution in [0, 0.1) is 0 Å². The summed E-state index contributed by atoms with van der Waals surface area (Å²) in [5.41, 5.74) is 0. The minimum atomic E-state index is -0.807. The third kappa shape index (κ3) is 47.6. The molecule has 0 spiro atoms. The first-order valence-corrected chi connectivity index (χ1v) is 27.7. The van der Waals surface area contributed by atoms with E-state index in [4.69, 9.17) is 4.74 Å².